The van der Waals surface area contributed by atoms with Crippen molar-refractivity contribution in [1.82, 2.24) is 0 Å². The molecular formula is C14H11N3. The van der Waals surface area contributed by atoms with Gasteiger partial charge in [-0.1, -0.05) is 30.3 Å². The fourth-order valence-electron chi connectivity index (χ4n) is 1.38. The molecule has 0 atom stereocenters. The third-order valence-corrected chi connectivity index (χ3v) is 2.26. The third-order valence-electron chi connectivity index (χ3n) is 2.26. The number of hydrogen-bond acceptors (Lipinski definition) is 3. The molecule has 0 spiro atoms. The van der Waals surface area contributed by atoms with E-state index in [0.717, 1.165) is 16.9 Å². The molecule has 3 nitrogen and oxygen atoms in total. The Balaban J connectivity index is 2.09. The fraction of sp³-hybridized carbons (Fsp3) is 0.0714. The molecule has 0 heterocycles. The van der Waals surface area contributed by atoms with Crippen molar-refractivity contribution in [1.29, 1.82) is 5.26 Å². The van der Waals surface area contributed by atoms with Crippen LogP contribution in [-0.4, -0.2) is 0 Å². The van der Waals surface area contributed by atoms with Crippen LogP contribution in [0.1, 0.15) is 5.56 Å². The average molecular weight is 221 g/mol. The Hall–Kier alpha value is -2.47. The van der Waals surface area contributed by atoms with Crippen molar-refractivity contribution in [2.75, 3.05) is 0 Å². The molecule has 0 fully saturated rings. The first kappa shape index (κ1) is 11.0. The van der Waals surface area contributed by atoms with E-state index in [0.29, 0.717) is 6.42 Å². The van der Waals surface area contributed by atoms with Crippen LogP contribution in [-0.2, 0) is 6.42 Å². The van der Waals surface area contributed by atoms with Gasteiger partial charge in [0, 0.05) is 0 Å². The number of rotatable bonds is 3. The van der Waals surface area contributed by atoms with Crippen molar-refractivity contribution in [3.8, 4) is 6.07 Å². The predicted molar refractivity (Wildman–Crippen MR) is 66.4 cm³/mol. The van der Waals surface area contributed by atoms with Gasteiger partial charge >= 0.3 is 0 Å². The topological polar surface area (TPSA) is 48.5 Å². The van der Waals surface area contributed by atoms with E-state index in [2.05, 4.69) is 16.3 Å². The predicted octanol–water partition coefficient (Wildman–Crippen LogP) is 4.17. The lowest BCUT2D eigenvalue weighted by molar-refractivity contribution is 1.21. The average Bonchev–Trinajstić information content (AvgIpc) is 2.40. The molecule has 2 rings (SSSR count). The van der Waals surface area contributed by atoms with Gasteiger partial charge in [0.2, 0.25) is 0 Å². The second-order valence-electron chi connectivity index (χ2n) is 3.54. The number of nitriles is 1. The molecule has 0 saturated heterocycles. The van der Waals surface area contributed by atoms with Crippen LogP contribution in [0.5, 0.6) is 0 Å². The Kier molecular flexibility index (Phi) is 3.61. The third kappa shape index (κ3) is 3.25. The zero-order valence-electron chi connectivity index (χ0n) is 9.24. The summed E-state index contributed by atoms with van der Waals surface area (Å²) in [4.78, 5) is 0. The quantitative estimate of drug-likeness (QED) is 0.717. The van der Waals surface area contributed by atoms with Gasteiger partial charge in [-0.3, -0.25) is 0 Å². The Morgan fingerprint density at radius 1 is 0.824 bits per heavy atom. The van der Waals surface area contributed by atoms with E-state index >= 15 is 0 Å². The Labute approximate surface area is 100 Å². The zero-order valence-corrected chi connectivity index (χ0v) is 9.24. The Bertz CT molecular complexity index is 536. The molecular weight excluding hydrogens is 210 g/mol. The summed E-state index contributed by atoms with van der Waals surface area (Å²) in [5, 5.41) is 16.8. The highest BCUT2D eigenvalue weighted by molar-refractivity contribution is 5.41. The van der Waals surface area contributed by atoms with E-state index in [1.54, 1.807) is 0 Å². The van der Waals surface area contributed by atoms with Crippen LogP contribution in [0.15, 0.2) is 64.8 Å². The number of azo groups is 1. The molecule has 0 saturated carbocycles. The lowest BCUT2D eigenvalue weighted by atomic mass is 10.1. The number of benzene rings is 2. The molecule has 0 aliphatic carbocycles. The molecule has 0 aliphatic heterocycles. The highest BCUT2D eigenvalue weighted by Gasteiger charge is 1.92. The maximum atomic E-state index is 8.55. The molecule has 82 valence electrons. The second-order valence-corrected chi connectivity index (χ2v) is 3.54. The van der Waals surface area contributed by atoms with Gasteiger partial charge in [-0.05, 0) is 29.8 Å². The van der Waals surface area contributed by atoms with Crippen LogP contribution in [0.4, 0.5) is 11.4 Å². The highest BCUT2D eigenvalue weighted by Crippen LogP contribution is 2.18. The monoisotopic (exact) mass is 221 g/mol. The molecule has 3 heteroatoms. The van der Waals surface area contributed by atoms with Gasteiger partial charge < -0.3 is 0 Å². The number of hydrogen-bond donors (Lipinski definition) is 0. The molecule has 0 aliphatic rings. The summed E-state index contributed by atoms with van der Waals surface area (Å²) in [5.41, 5.74) is 2.61. The smallest absolute Gasteiger partial charge is 0.0857 e. The van der Waals surface area contributed by atoms with Crippen molar-refractivity contribution in [3.63, 3.8) is 0 Å². The Morgan fingerprint density at radius 3 is 2.00 bits per heavy atom. The van der Waals surface area contributed by atoms with Crippen LogP contribution in [0.2, 0.25) is 0 Å². The first-order valence-corrected chi connectivity index (χ1v) is 5.31. The van der Waals surface area contributed by atoms with Gasteiger partial charge in [0.1, 0.15) is 0 Å². The van der Waals surface area contributed by atoms with Gasteiger partial charge in [0.05, 0.1) is 23.9 Å². The first-order valence-electron chi connectivity index (χ1n) is 5.31. The van der Waals surface area contributed by atoms with Gasteiger partial charge in [-0.15, -0.1) is 0 Å². The summed E-state index contributed by atoms with van der Waals surface area (Å²) in [5.74, 6) is 0. The molecule has 0 unspecified atom stereocenters. The van der Waals surface area contributed by atoms with Gasteiger partial charge in [-0.25, -0.2) is 0 Å². The van der Waals surface area contributed by atoms with Gasteiger partial charge in [-0.2, -0.15) is 15.5 Å². The van der Waals surface area contributed by atoms with E-state index in [4.69, 9.17) is 5.26 Å². The number of nitrogens with zero attached hydrogens (tertiary/aromatic N) is 3. The molecule has 0 bridgehead atoms. The minimum Gasteiger partial charge on any atom is -0.198 e. The first-order chi connectivity index (χ1) is 8.38. The van der Waals surface area contributed by atoms with Gasteiger partial charge in [0.25, 0.3) is 0 Å². The maximum Gasteiger partial charge on any atom is 0.0857 e. The molecule has 2 aromatic carbocycles. The van der Waals surface area contributed by atoms with Crippen LogP contribution in [0.25, 0.3) is 0 Å². The van der Waals surface area contributed by atoms with E-state index in [1.807, 2.05) is 54.6 Å². The van der Waals surface area contributed by atoms with E-state index in [1.165, 1.54) is 0 Å². The van der Waals surface area contributed by atoms with Crippen LogP contribution < -0.4 is 0 Å². The molecule has 17 heavy (non-hydrogen) atoms. The van der Waals surface area contributed by atoms with E-state index < -0.39 is 0 Å². The van der Waals surface area contributed by atoms with Crippen LogP contribution in [0, 0.1) is 11.3 Å². The standard InChI is InChI=1S/C14H11N3/c15-11-10-12-6-8-14(9-7-12)17-16-13-4-2-1-3-5-13/h1-9H,10H2. The summed E-state index contributed by atoms with van der Waals surface area (Å²) in [6.45, 7) is 0. The highest BCUT2D eigenvalue weighted by atomic mass is 15.1. The lowest BCUT2D eigenvalue weighted by Gasteiger charge is -1.95. The molecule has 0 N–H and O–H groups in total. The second kappa shape index (κ2) is 5.57. The minimum absolute atomic E-state index is 0.427. The SMILES string of the molecule is N#CCc1ccc(N=Nc2ccccc2)cc1. The molecule has 2 aromatic rings. The van der Waals surface area contributed by atoms with E-state index in [9.17, 15) is 0 Å². The molecule has 0 radical (unpaired) electrons. The largest absolute Gasteiger partial charge is 0.198 e. The summed E-state index contributed by atoms with van der Waals surface area (Å²) >= 11 is 0. The minimum atomic E-state index is 0.427. The van der Waals surface area contributed by atoms with Crippen LogP contribution >= 0.6 is 0 Å². The summed E-state index contributed by atoms with van der Waals surface area (Å²) < 4.78 is 0. The van der Waals surface area contributed by atoms with Crippen LogP contribution in [0.3, 0.4) is 0 Å². The summed E-state index contributed by atoms with van der Waals surface area (Å²) in [7, 11) is 0. The fourth-order valence-corrected chi connectivity index (χ4v) is 1.38. The molecule has 0 amide bonds. The molecule has 0 aromatic heterocycles. The van der Waals surface area contributed by atoms with Gasteiger partial charge in [0.15, 0.2) is 0 Å². The Morgan fingerprint density at radius 2 is 1.41 bits per heavy atom. The van der Waals surface area contributed by atoms with Crippen molar-refractivity contribution in [3.05, 3.63) is 60.2 Å². The lowest BCUT2D eigenvalue weighted by Crippen LogP contribution is -1.78. The maximum absolute atomic E-state index is 8.55. The zero-order chi connectivity index (χ0) is 11.9. The summed E-state index contributed by atoms with van der Waals surface area (Å²) in [6, 6.07) is 19.2. The summed E-state index contributed by atoms with van der Waals surface area (Å²) in [6.07, 6.45) is 0.427. The van der Waals surface area contributed by atoms with Crippen molar-refractivity contribution in [2.24, 2.45) is 10.2 Å². The van der Waals surface area contributed by atoms with Crippen molar-refractivity contribution >= 4 is 11.4 Å². The van der Waals surface area contributed by atoms with Crippen molar-refractivity contribution < 1.29 is 0 Å². The van der Waals surface area contributed by atoms with Crippen molar-refractivity contribution in [2.45, 2.75) is 6.42 Å². The normalized spacial score (nSPS) is 10.3. The van der Waals surface area contributed by atoms with E-state index in [-0.39, 0.29) is 0 Å².